The number of benzene rings is 2. The van der Waals surface area contributed by atoms with Gasteiger partial charge in [-0.1, -0.05) is 23.4 Å². The Morgan fingerprint density at radius 3 is 2.52 bits per heavy atom. The minimum absolute atomic E-state index is 0.0889. The predicted octanol–water partition coefficient (Wildman–Crippen LogP) is 5.04. The Morgan fingerprint density at radius 1 is 1.10 bits per heavy atom. The number of H-pyrrole nitrogens is 1. The number of carbonyl (C=O) groups excluding carboxylic acids is 1. The van der Waals surface area contributed by atoms with Crippen molar-refractivity contribution in [3.63, 3.8) is 0 Å². The van der Waals surface area contributed by atoms with Gasteiger partial charge in [0.15, 0.2) is 0 Å². The molecule has 0 unspecified atom stereocenters. The quantitative estimate of drug-likeness (QED) is 0.457. The minimum atomic E-state index is 0.0889. The van der Waals surface area contributed by atoms with Crippen molar-refractivity contribution in [3.05, 3.63) is 71.1 Å². The highest BCUT2D eigenvalue weighted by molar-refractivity contribution is 5.91. The van der Waals surface area contributed by atoms with Crippen LogP contribution in [0.3, 0.4) is 0 Å². The first-order chi connectivity index (χ1) is 15.0. The zero-order chi connectivity index (χ0) is 22.0. The van der Waals surface area contributed by atoms with Gasteiger partial charge in [0.1, 0.15) is 11.5 Å². The maximum Gasteiger partial charge on any atom is 0.222 e. The topological polar surface area (TPSA) is 71.4 Å². The molecule has 0 fully saturated rings. The van der Waals surface area contributed by atoms with E-state index in [1.165, 1.54) is 0 Å². The molecule has 0 aliphatic heterocycles. The van der Waals surface area contributed by atoms with Crippen LogP contribution in [0.2, 0.25) is 0 Å². The maximum atomic E-state index is 12.9. The van der Waals surface area contributed by atoms with Crippen LogP contribution in [-0.4, -0.2) is 35.1 Å². The molecular weight excluding hydrogens is 390 g/mol. The molecule has 0 bridgehead atoms. The molecule has 0 saturated carbocycles. The van der Waals surface area contributed by atoms with Gasteiger partial charge in [-0.25, -0.2) is 0 Å². The van der Waals surface area contributed by atoms with Crippen LogP contribution in [0, 0.1) is 13.8 Å². The van der Waals surface area contributed by atoms with Gasteiger partial charge >= 0.3 is 0 Å². The summed E-state index contributed by atoms with van der Waals surface area (Å²) in [6, 6.07) is 16.2. The highest BCUT2D eigenvalue weighted by Crippen LogP contribution is 2.32. The lowest BCUT2D eigenvalue weighted by Gasteiger charge is -2.17. The summed E-state index contributed by atoms with van der Waals surface area (Å²) in [6.45, 7) is 4.27. The van der Waals surface area contributed by atoms with Crippen molar-refractivity contribution in [1.29, 1.82) is 0 Å². The van der Waals surface area contributed by atoms with E-state index in [4.69, 9.17) is 9.26 Å². The first-order valence-corrected chi connectivity index (χ1v) is 10.4. The molecule has 0 aliphatic carbocycles. The van der Waals surface area contributed by atoms with Gasteiger partial charge in [-0.15, -0.1) is 0 Å². The highest BCUT2D eigenvalue weighted by Gasteiger charge is 2.18. The van der Waals surface area contributed by atoms with Gasteiger partial charge in [-0.05, 0) is 61.7 Å². The fourth-order valence-corrected chi connectivity index (χ4v) is 3.94. The summed E-state index contributed by atoms with van der Waals surface area (Å²) in [4.78, 5) is 18.2. The smallest absolute Gasteiger partial charge is 0.222 e. The summed E-state index contributed by atoms with van der Waals surface area (Å²) >= 11 is 0. The Kier molecular flexibility index (Phi) is 5.80. The molecule has 0 spiro atoms. The molecule has 4 aromatic rings. The number of aromatic amines is 1. The van der Waals surface area contributed by atoms with Crippen LogP contribution in [-0.2, 0) is 17.8 Å². The van der Waals surface area contributed by atoms with E-state index < -0.39 is 0 Å². The number of hydrogen-bond donors (Lipinski definition) is 1. The van der Waals surface area contributed by atoms with E-state index in [9.17, 15) is 4.79 Å². The standard InChI is InChI=1S/C25H27N3O3/c1-16-22(17(2)31-27-16)15-28(3)24(29)14-13-21-20-7-5-6-8-23(20)26-25(21)18-9-11-19(30-4)12-10-18/h5-12,26H,13-15H2,1-4H3. The van der Waals surface area contributed by atoms with Crippen molar-refractivity contribution < 1.29 is 14.1 Å². The van der Waals surface area contributed by atoms with E-state index in [-0.39, 0.29) is 5.91 Å². The van der Waals surface area contributed by atoms with E-state index in [2.05, 4.69) is 22.3 Å². The summed E-state index contributed by atoms with van der Waals surface area (Å²) in [5.74, 6) is 1.67. The number of methoxy groups -OCH3 is 1. The molecule has 1 amide bonds. The van der Waals surface area contributed by atoms with E-state index >= 15 is 0 Å². The number of para-hydroxylation sites is 1. The molecule has 0 atom stereocenters. The molecule has 0 saturated heterocycles. The lowest BCUT2D eigenvalue weighted by atomic mass is 10.0. The lowest BCUT2D eigenvalue weighted by molar-refractivity contribution is -0.130. The summed E-state index contributed by atoms with van der Waals surface area (Å²) in [5.41, 5.74) is 6.14. The Balaban J connectivity index is 1.56. The Bertz CT molecular complexity index is 1190. The summed E-state index contributed by atoms with van der Waals surface area (Å²) < 4.78 is 10.5. The van der Waals surface area contributed by atoms with E-state index in [0.717, 1.165) is 50.5 Å². The second-order valence-corrected chi connectivity index (χ2v) is 7.81. The Morgan fingerprint density at radius 2 is 1.84 bits per heavy atom. The van der Waals surface area contributed by atoms with Gasteiger partial charge in [-0.3, -0.25) is 4.79 Å². The van der Waals surface area contributed by atoms with E-state index in [1.807, 2.05) is 57.3 Å². The average Bonchev–Trinajstić information content (AvgIpc) is 3.32. The number of nitrogens with zero attached hydrogens (tertiary/aromatic N) is 2. The molecule has 0 aliphatic rings. The Labute approximate surface area is 181 Å². The van der Waals surface area contributed by atoms with Crippen molar-refractivity contribution >= 4 is 16.8 Å². The maximum absolute atomic E-state index is 12.9. The van der Waals surface area contributed by atoms with Crippen LogP contribution in [0.15, 0.2) is 53.1 Å². The molecule has 0 radical (unpaired) electrons. The average molecular weight is 418 g/mol. The molecular formula is C25H27N3O3. The van der Waals surface area contributed by atoms with E-state index in [0.29, 0.717) is 19.4 Å². The fourth-order valence-electron chi connectivity index (χ4n) is 3.94. The molecule has 2 aromatic heterocycles. The number of carbonyl (C=O) groups is 1. The second kappa shape index (κ2) is 8.68. The van der Waals surface area contributed by atoms with Crippen molar-refractivity contribution in [3.8, 4) is 17.0 Å². The van der Waals surface area contributed by atoms with Gasteiger partial charge in [0.2, 0.25) is 5.91 Å². The number of aryl methyl sites for hydroxylation is 3. The number of hydrogen-bond acceptors (Lipinski definition) is 4. The number of aromatic nitrogens is 2. The van der Waals surface area contributed by atoms with E-state index in [1.54, 1.807) is 12.0 Å². The van der Waals surface area contributed by atoms with Crippen LogP contribution in [0.4, 0.5) is 0 Å². The molecule has 2 heterocycles. The number of ether oxygens (including phenoxy) is 1. The lowest BCUT2D eigenvalue weighted by Crippen LogP contribution is -2.26. The van der Waals surface area contributed by atoms with Crippen LogP contribution in [0.5, 0.6) is 5.75 Å². The molecule has 6 heteroatoms. The van der Waals surface area contributed by atoms with Crippen LogP contribution in [0.1, 0.15) is 29.0 Å². The zero-order valence-corrected chi connectivity index (χ0v) is 18.4. The highest BCUT2D eigenvalue weighted by atomic mass is 16.5. The van der Waals surface area contributed by atoms with Crippen LogP contribution in [0.25, 0.3) is 22.2 Å². The minimum Gasteiger partial charge on any atom is -0.497 e. The Hall–Kier alpha value is -3.54. The summed E-state index contributed by atoms with van der Waals surface area (Å²) in [7, 11) is 3.49. The third-order valence-electron chi connectivity index (χ3n) is 5.78. The van der Waals surface area contributed by atoms with Crippen LogP contribution >= 0.6 is 0 Å². The second-order valence-electron chi connectivity index (χ2n) is 7.81. The van der Waals surface area contributed by atoms with Crippen molar-refractivity contribution in [2.24, 2.45) is 0 Å². The fraction of sp³-hybridized carbons (Fsp3) is 0.280. The normalized spacial score (nSPS) is 11.1. The van der Waals surface area contributed by atoms with Gasteiger partial charge in [-0.2, -0.15) is 0 Å². The largest absolute Gasteiger partial charge is 0.497 e. The first-order valence-electron chi connectivity index (χ1n) is 10.4. The number of amides is 1. The molecule has 31 heavy (non-hydrogen) atoms. The monoisotopic (exact) mass is 417 g/mol. The van der Waals surface area contributed by atoms with Crippen LogP contribution < -0.4 is 4.74 Å². The van der Waals surface area contributed by atoms with Gasteiger partial charge in [0.05, 0.1) is 19.3 Å². The third kappa shape index (κ3) is 4.19. The zero-order valence-electron chi connectivity index (χ0n) is 18.4. The van der Waals surface area contributed by atoms with Crippen molar-refractivity contribution in [2.45, 2.75) is 33.2 Å². The number of nitrogens with one attached hydrogen (secondary N) is 1. The molecule has 4 rings (SSSR count). The van der Waals surface area contributed by atoms with Gasteiger partial charge in [0.25, 0.3) is 0 Å². The van der Waals surface area contributed by atoms with Crippen molar-refractivity contribution in [2.75, 3.05) is 14.2 Å². The first kappa shape index (κ1) is 20.7. The van der Waals surface area contributed by atoms with Gasteiger partial charge < -0.3 is 19.1 Å². The predicted molar refractivity (Wildman–Crippen MR) is 121 cm³/mol. The third-order valence-corrected chi connectivity index (χ3v) is 5.78. The summed E-state index contributed by atoms with van der Waals surface area (Å²) in [5, 5.41) is 5.13. The molecule has 160 valence electrons. The molecule has 1 N–H and O–H groups in total. The van der Waals surface area contributed by atoms with Gasteiger partial charge in [0, 0.05) is 35.6 Å². The number of rotatable bonds is 7. The SMILES string of the molecule is COc1ccc(-c2[nH]c3ccccc3c2CCC(=O)N(C)Cc2c(C)noc2C)cc1. The molecule has 6 nitrogen and oxygen atoms in total. The number of fused-ring (bicyclic) bond motifs is 1. The summed E-state index contributed by atoms with van der Waals surface area (Å²) in [6.07, 6.45) is 1.07. The molecule has 2 aromatic carbocycles. The van der Waals surface area contributed by atoms with Crippen molar-refractivity contribution in [1.82, 2.24) is 15.0 Å².